The van der Waals surface area contributed by atoms with Crippen LogP contribution in [0.25, 0.3) is 11.1 Å². The molecule has 0 aromatic heterocycles. The van der Waals surface area contributed by atoms with Crippen molar-refractivity contribution >= 4 is 29.3 Å². The van der Waals surface area contributed by atoms with Gasteiger partial charge in [-0.15, -0.1) is 0 Å². The zero-order valence-corrected chi connectivity index (χ0v) is 27.2. The van der Waals surface area contributed by atoms with Crippen LogP contribution in [0.5, 0.6) is 5.75 Å². The van der Waals surface area contributed by atoms with Crippen LogP contribution >= 0.6 is 0 Å². The summed E-state index contributed by atoms with van der Waals surface area (Å²) < 4.78 is 5.59. The van der Waals surface area contributed by atoms with Crippen molar-refractivity contribution in [1.29, 1.82) is 0 Å². The van der Waals surface area contributed by atoms with Gasteiger partial charge >= 0.3 is 6.09 Å². The lowest BCUT2D eigenvalue weighted by Crippen LogP contribution is -2.68. The van der Waals surface area contributed by atoms with E-state index in [-0.39, 0.29) is 29.3 Å². The second-order valence-electron chi connectivity index (χ2n) is 13.4. The Bertz CT molecular complexity index is 2040. The highest BCUT2D eigenvalue weighted by Crippen LogP contribution is 2.56. The van der Waals surface area contributed by atoms with Crippen LogP contribution < -0.4 is 11.1 Å². The molecule has 0 aliphatic heterocycles. The van der Waals surface area contributed by atoms with Crippen LogP contribution in [0.3, 0.4) is 0 Å². The largest absolute Gasteiger partial charge is 0.510 e. The average Bonchev–Trinajstić information content (AvgIpc) is 3.39. The number of carbonyl (C=O) groups is 4. The number of phenolic OH excluding ortho intramolecular Hbond substituents is 1. The minimum absolute atomic E-state index is 0.0130. The molecule has 6 atom stereocenters. The third-order valence-corrected chi connectivity index (χ3v) is 10.7. The van der Waals surface area contributed by atoms with Crippen molar-refractivity contribution in [3.63, 3.8) is 0 Å². The highest BCUT2D eigenvalue weighted by atomic mass is 16.5. The molecule has 0 saturated heterocycles. The summed E-state index contributed by atoms with van der Waals surface area (Å²) in [5, 5.41) is 60.0. The van der Waals surface area contributed by atoms with Gasteiger partial charge in [-0.05, 0) is 53.9 Å². The second-order valence-corrected chi connectivity index (χ2v) is 13.4. The molecular formula is C37H35N3O10. The Balaban J connectivity index is 1.21. The normalized spacial score (nSPS) is 27.0. The van der Waals surface area contributed by atoms with Crippen LogP contribution in [-0.2, 0) is 14.3 Å². The summed E-state index contributed by atoms with van der Waals surface area (Å²) in [6, 6.07) is 17.1. The number of benzene rings is 3. The lowest BCUT2D eigenvalue weighted by atomic mass is 9.55. The number of phenols is 1. The Labute approximate surface area is 285 Å². The van der Waals surface area contributed by atoms with Crippen molar-refractivity contribution in [1.82, 2.24) is 4.90 Å². The first-order valence-corrected chi connectivity index (χ1v) is 16.0. The number of fused-ring (bicyclic) bond motifs is 6. The van der Waals surface area contributed by atoms with Crippen molar-refractivity contribution in [3.8, 4) is 16.9 Å². The number of likely N-dealkylation sites (N-methyl/N-ethyl adjacent to an activating group) is 1. The van der Waals surface area contributed by atoms with Gasteiger partial charge in [-0.2, -0.15) is 0 Å². The van der Waals surface area contributed by atoms with Crippen LogP contribution in [0.2, 0.25) is 0 Å². The van der Waals surface area contributed by atoms with Gasteiger partial charge in [-0.1, -0.05) is 61.5 Å². The molecule has 0 radical (unpaired) electrons. The second kappa shape index (κ2) is 11.5. The Morgan fingerprint density at radius 3 is 2.12 bits per heavy atom. The molecule has 0 spiro atoms. The van der Waals surface area contributed by atoms with Gasteiger partial charge in [-0.3, -0.25) is 24.6 Å². The van der Waals surface area contributed by atoms with Crippen molar-refractivity contribution in [2.75, 3.05) is 26.0 Å². The fourth-order valence-electron chi connectivity index (χ4n) is 8.47. The van der Waals surface area contributed by atoms with E-state index in [1.165, 1.54) is 31.1 Å². The number of ketones is 2. The molecule has 13 heteroatoms. The summed E-state index contributed by atoms with van der Waals surface area (Å²) in [7, 11) is 2.93. The minimum atomic E-state index is -3.03. The molecule has 2 unspecified atom stereocenters. The van der Waals surface area contributed by atoms with Crippen molar-refractivity contribution in [2.45, 2.75) is 36.5 Å². The highest BCUT2D eigenvalue weighted by Gasteiger charge is 2.67. The Morgan fingerprint density at radius 1 is 0.940 bits per heavy atom. The van der Waals surface area contributed by atoms with E-state index >= 15 is 0 Å². The van der Waals surface area contributed by atoms with Crippen LogP contribution in [0.15, 0.2) is 83.3 Å². The van der Waals surface area contributed by atoms with E-state index in [1.54, 1.807) is 6.92 Å². The van der Waals surface area contributed by atoms with Crippen molar-refractivity contribution in [2.24, 2.45) is 17.6 Å². The smallest absolute Gasteiger partial charge is 0.411 e. The van der Waals surface area contributed by atoms with Gasteiger partial charge in [0.25, 0.3) is 5.91 Å². The van der Waals surface area contributed by atoms with Crippen molar-refractivity contribution < 1.29 is 49.4 Å². The molecule has 3 aromatic carbocycles. The number of aromatic hydroxyl groups is 1. The molecule has 258 valence electrons. The lowest BCUT2D eigenvalue weighted by molar-refractivity contribution is -0.162. The number of anilines is 1. The predicted molar refractivity (Wildman–Crippen MR) is 178 cm³/mol. The third kappa shape index (κ3) is 4.43. The van der Waals surface area contributed by atoms with Crippen LogP contribution in [-0.4, -0.2) is 92.4 Å². The number of carbonyl (C=O) groups excluding carboxylic acids is 4. The SMILES string of the molecule is C[C@H]1c2ccc(NC(=O)OCC3c4ccccc4-c4ccccc43)c(O)c2C(=O)C2=C(O)[C@]3(O)C(=O)C(C(N)=O)=C(O)[C@@H](N(C)C)C3[C@@H](O)C21. The number of rotatable bonds is 5. The molecule has 0 saturated carbocycles. The molecule has 4 aliphatic rings. The monoisotopic (exact) mass is 681 g/mol. The summed E-state index contributed by atoms with van der Waals surface area (Å²) >= 11 is 0. The van der Waals surface area contributed by atoms with Crippen LogP contribution in [0.4, 0.5) is 10.5 Å². The molecule has 2 amide bonds. The fraction of sp³-hybridized carbons (Fsp3) is 0.297. The first-order valence-electron chi connectivity index (χ1n) is 16.0. The number of ether oxygens (including phenoxy) is 1. The summed E-state index contributed by atoms with van der Waals surface area (Å²) in [4.78, 5) is 54.4. The van der Waals surface area contributed by atoms with Gasteiger partial charge in [0, 0.05) is 17.4 Å². The van der Waals surface area contributed by atoms with E-state index in [0.29, 0.717) is 0 Å². The van der Waals surface area contributed by atoms with E-state index in [1.807, 2.05) is 48.5 Å². The maximum absolute atomic E-state index is 14.1. The van der Waals surface area contributed by atoms with Crippen LogP contribution in [0.1, 0.15) is 45.8 Å². The topological polar surface area (TPSA) is 220 Å². The standard InChI is InChI=1S/C37H35N3O10/c1-15-16-12-13-22(39-36(48)50-14-21-19-10-6-4-8-17(19)18-9-5-7-11-20(18)21)29(41)24(16)30(42)25-23(15)31(43)27-28(40(2)3)32(44)26(35(38)47)34(46)37(27,49)33(25)45/h4-13,15,21,23,27-28,31,41,43-45,49H,14H2,1-3H3,(H2,38,47)(H,39,48)/t15-,23?,27?,28-,31-,37-/m0/s1. The van der Waals surface area contributed by atoms with Crippen LogP contribution in [0, 0.1) is 11.8 Å². The summed E-state index contributed by atoms with van der Waals surface area (Å²) in [5.74, 6) is -10.3. The van der Waals surface area contributed by atoms with E-state index in [4.69, 9.17) is 10.5 Å². The maximum Gasteiger partial charge on any atom is 0.411 e. The predicted octanol–water partition coefficient (Wildman–Crippen LogP) is 3.01. The number of nitrogens with one attached hydrogen (secondary N) is 1. The molecular weight excluding hydrogens is 646 g/mol. The number of nitrogens with zero attached hydrogens (tertiary/aromatic N) is 1. The minimum Gasteiger partial charge on any atom is -0.510 e. The van der Waals surface area contributed by atoms with E-state index in [2.05, 4.69) is 5.32 Å². The average molecular weight is 682 g/mol. The van der Waals surface area contributed by atoms with Crippen molar-refractivity contribution in [3.05, 3.63) is 106 Å². The van der Waals surface area contributed by atoms with Gasteiger partial charge in [0.15, 0.2) is 17.1 Å². The molecule has 4 aliphatic carbocycles. The van der Waals surface area contributed by atoms with Gasteiger partial charge < -0.3 is 36.0 Å². The molecule has 0 bridgehead atoms. The van der Waals surface area contributed by atoms with E-state index < -0.39 is 87.5 Å². The quantitative estimate of drug-likeness (QED) is 0.153. The summed E-state index contributed by atoms with van der Waals surface area (Å²) in [5.41, 5.74) is 4.65. The summed E-state index contributed by atoms with van der Waals surface area (Å²) in [6.07, 6.45) is -2.62. The summed E-state index contributed by atoms with van der Waals surface area (Å²) in [6.45, 7) is 1.61. The van der Waals surface area contributed by atoms with Gasteiger partial charge in [0.05, 0.1) is 29.3 Å². The third-order valence-electron chi connectivity index (χ3n) is 10.7. The first-order chi connectivity index (χ1) is 23.7. The zero-order valence-electron chi connectivity index (χ0n) is 27.2. The number of Topliss-reactive ketones (excluding diaryl/α,β-unsaturated/α-hetero) is 2. The number of hydrogen-bond donors (Lipinski definition) is 7. The molecule has 0 heterocycles. The lowest BCUT2D eigenvalue weighted by Gasteiger charge is -2.53. The number of primary amides is 1. The molecule has 13 nitrogen and oxygen atoms in total. The number of aliphatic hydroxyl groups excluding tert-OH is 3. The van der Waals surface area contributed by atoms with Gasteiger partial charge in [0.2, 0.25) is 5.78 Å². The molecule has 8 N–H and O–H groups in total. The van der Waals surface area contributed by atoms with E-state index in [9.17, 15) is 44.7 Å². The highest BCUT2D eigenvalue weighted by molar-refractivity contribution is 6.25. The Hall–Kier alpha value is -5.50. The zero-order chi connectivity index (χ0) is 36.0. The number of nitrogens with two attached hydrogens (primary N) is 1. The Morgan fingerprint density at radius 2 is 1.54 bits per heavy atom. The van der Waals surface area contributed by atoms with Gasteiger partial charge in [-0.25, -0.2) is 4.79 Å². The number of aliphatic hydroxyl groups is 4. The van der Waals surface area contributed by atoms with E-state index in [0.717, 1.165) is 22.3 Å². The molecule has 3 aromatic rings. The first kappa shape index (κ1) is 33.0. The maximum atomic E-state index is 14.1. The molecule has 7 rings (SSSR count). The fourth-order valence-corrected chi connectivity index (χ4v) is 8.47. The number of amides is 2. The molecule has 50 heavy (non-hydrogen) atoms. The number of hydrogen-bond acceptors (Lipinski definition) is 11. The van der Waals surface area contributed by atoms with Gasteiger partial charge in [0.1, 0.15) is 23.7 Å². The Kier molecular flexibility index (Phi) is 7.62. The molecule has 0 fully saturated rings.